The van der Waals surface area contributed by atoms with E-state index >= 15 is 0 Å². The fraction of sp³-hybridized carbons (Fsp3) is 0.483. The van der Waals surface area contributed by atoms with Crippen LogP contribution in [0.1, 0.15) is 26.2 Å². The van der Waals surface area contributed by atoms with Gasteiger partial charge in [0.2, 0.25) is 20.0 Å². The highest BCUT2D eigenvalue weighted by atomic mass is 32.2. The number of nitrogens with one attached hydrogen (secondary N) is 2. The molecule has 0 bridgehead atoms. The van der Waals surface area contributed by atoms with Crippen molar-refractivity contribution in [1.29, 1.82) is 0 Å². The summed E-state index contributed by atoms with van der Waals surface area (Å²) in [4.78, 5) is 0.352. The van der Waals surface area contributed by atoms with Gasteiger partial charge in [0, 0.05) is 50.0 Å². The Labute approximate surface area is 253 Å². The average molecular weight is 634 g/mol. The van der Waals surface area contributed by atoms with Gasteiger partial charge in [-0.15, -0.1) is 0 Å². The Hall–Kier alpha value is -2.85. The molecule has 3 heterocycles. The first-order chi connectivity index (χ1) is 20.5. The second-order valence-electron chi connectivity index (χ2n) is 11.0. The van der Waals surface area contributed by atoms with Crippen molar-refractivity contribution in [2.45, 2.75) is 60.3 Å². The maximum Gasteiger partial charge on any atom is 0.243 e. The lowest BCUT2D eigenvalue weighted by molar-refractivity contribution is -0.0312. The van der Waals surface area contributed by atoms with Crippen LogP contribution >= 0.6 is 0 Å². The van der Waals surface area contributed by atoms with Crippen molar-refractivity contribution in [2.75, 3.05) is 39.9 Å². The van der Waals surface area contributed by atoms with Crippen LogP contribution < -0.4 is 14.8 Å². The predicted octanol–water partition coefficient (Wildman–Crippen LogP) is 1.82. The Morgan fingerprint density at radius 1 is 1.09 bits per heavy atom. The van der Waals surface area contributed by atoms with Gasteiger partial charge in [-0.05, 0) is 63.1 Å². The Balaban J connectivity index is 1.10. The highest BCUT2D eigenvalue weighted by Crippen LogP contribution is 2.37. The summed E-state index contributed by atoms with van der Waals surface area (Å²) in [6, 6.07) is 13.1. The molecule has 0 saturated carbocycles. The Morgan fingerprint density at radius 2 is 1.84 bits per heavy atom. The number of sulfonamides is 2. The van der Waals surface area contributed by atoms with Crippen LogP contribution in [-0.2, 0) is 31.3 Å². The lowest BCUT2D eigenvalue weighted by Gasteiger charge is -2.38. The molecule has 2 aromatic carbocycles. The Morgan fingerprint density at radius 3 is 2.56 bits per heavy atom. The van der Waals surface area contributed by atoms with Gasteiger partial charge in [-0.3, -0.25) is 4.68 Å². The van der Waals surface area contributed by atoms with Crippen LogP contribution in [0, 0.1) is 0 Å². The molecule has 0 amide bonds. The number of aromatic nitrogens is 2. The van der Waals surface area contributed by atoms with Crippen molar-refractivity contribution in [2.24, 2.45) is 0 Å². The molecule has 0 radical (unpaired) electrons. The van der Waals surface area contributed by atoms with Crippen LogP contribution in [0.4, 0.5) is 0 Å². The van der Waals surface area contributed by atoms with Gasteiger partial charge in [0.15, 0.2) is 0 Å². The van der Waals surface area contributed by atoms with E-state index in [1.54, 1.807) is 41.2 Å². The predicted molar refractivity (Wildman–Crippen MR) is 161 cm³/mol. The quantitative estimate of drug-likeness (QED) is 0.271. The fourth-order valence-corrected chi connectivity index (χ4v) is 7.78. The zero-order valence-corrected chi connectivity index (χ0v) is 26.0. The van der Waals surface area contributed by atoms with Gasteiger partial charge in [0.05, 0.1) is 28.2 Å². The highest BCUT2D eigenvalue weighted by Gasteiger charge is 2.44. The summed E-state index contributed by atoms with van der Waals surface area (Å²) >= 11 is 0. The summed E-state index contributed by atoms with van der Waals surface area (Å²) in [5, 5.41) is 18.1. The molecule has 3 N–H and O–H groups in total. The zero-order chi connectivity index (χ0) is 30.7. The summed E-state index contributed by atoms with van der Waals surface area (Å²) in [5.41, 5.74) is 1.28. The van der Waals surface area contributed by atoms with Gasteiger partial charge < -0.3 is 19.9 Å². The molecule has 14 heteroatoms. The molecular formula is C29H39N5O7S2. The van der Waals surface area contributed by atoms with Crippen LogP contribution in [-0.4, -0.2) is 93.7 Å². The van der Waals surface area contributed by atoms with Crippen molar-refractivity contribution >= 4 is 20.0 Å². The monoisotopic (exact) mass is 633 g/mol. The molecule has 2 saturated heterocycles. The Bertz CT molecular complexity index is 1620. The first kappa shape index (κ1) is 31.6. The van der Waals surface area contributed by atoms with Crippen molar-refractivity contribution in [3.8, 4) is 16.9 Å². The van der Waals surface area contributed by atoms with E-state index in [1.807, 2.05) is 19.2 Å². The number of aryl methyl sites for hydroxylation is 1. The maximum atomic E-state index is 13.5. The van der Waals surface area contributed by atoms with E-state index in [1.165, 1.54) is 23.5 Å². The van der Waals surface area contributed by atoms with Crippen molar-refractivity contribution in [3.05, 3.63) is 60.9 Å². The summed E-state index contributed by atoms with van der Waals surface area (Å²) in [7, 11) is -5.92. The summed E-state index contributed by atoms with van der Waals surface area (Å²) in [6.07, 6.45) is 4.72. The normalized spacial score (nSPS) is 19.9. The molecular weight excluding hydrogens is 594 g/mol. The molecule has 2 aliphatic rings. The van der Waals surface area contributed by atoms with Gasteiger partial charge in [-0.25, -0.2) is 21.6 Å². The van der Waals surface area contributed by atoms with Gasteiger partial charge >= 0.3 is 0 Å². The van der Waals surface area contributed by atoms with Gasteiger partial charge in [0.25, 0.3) is 0 Å². The number of aliphatic hydroxyl groups excluding tert-OH is 1. The van der Waals surface area contributed by atoms with E-state index in [4.69, 9.17) is 9.47 Å². The van der Waals surface area contributed by atoms with Crippen LogP contribution in [0.3, 0.4) is 0 Å². The second-order valence-corrected chi connectivity index (χ2v) is 14.8. The number of hydrogen-bond donors (Lipinski definition) is 3. The van der Waals surface area contributed by atoms with Crippen molar-refractivity contribution in [1.82, 2.24) is 24.1 Å². The minimum Gasteiger partial charge on any atom is -0.491 e. The van der Waals surface area contributed by atoms with E-state index in [0.29, 0.717) is 38.3 Å². The molecule has 5 rings (SSSR count). The van der Waals surface area contributed by atoms with Gasteiger partial charge in [0.1, 0.15) is 18.5 Å². The third-order valence-electron chi connectivity index (χ3n) is 8.07. The summed E-state index contributed by atoms with van der Waals surface area (Å²) < 4.78 is 68.4. The zero-order valence-electron chi connectivity index (χ0n) is 24.3. The van der Waals surface area contributed by atoms with E-state index in [0.717, 1.165) is 24.1 Å². The largest absolute Gasteiger partial charge is 0.491 e. The smallest absolute Gasteiger partial charge is 0.243 e. The molecule has 234 valence electrons. The van der Waals surface area contributed by atoms with Crippen molar-refractivity contribution < 1.29 is 31.4 Å². The molecule has 3 aromatic rings. The minimum absolute atomic E-state index is 0.0102. The molecule has 1 unspecified atom stereocenters. The van der Waals surface area contributed by atoms with Gasteiger partial charge in [-0.1, -0.05) is 18.2 Å². The third kappa shape index (κ3) is 7.28. The SMILES string of the molecule is CCn1cc(-c2cccc(S(=O)(=O)N3CCC4(CC3)C[C@H](NCC(O)COc3cccc(S(=O)(=O)NC)c3)CO4)c2)cn1. The van der Waals surface area contributed by atoms with Crippen molar-refractivity contribution in [3.63, 3.8) is 0 Å². The van der Waals surface area contributed by atoms with E-state index < -0.39 is 31.8 Å². The number of piperidine rings is 1. The van der Waals surface area contributed by atoms with Crippen LogP contribution in [0.25, 0.3) is 11.1 Å². The molecule has 2 atom stereocenters. The number of ether oxygens (including phenoxy) is 2. The topological polar surface area (TPSA) is 152 Å². The highest BCUT2D eigenvalue weighted by molar-refractivity contribution is 7.89. The first-order valence-corrected chi connectivity index (χ1v) is 17.3. The number of aliphatic hydroxyl groups is 1. The average Bonchev–Trinajstić information content (AvgIpc) is 3.67. The molecule has 0 aliphatic carbocycles. The number of hydrogen-bond acceptors (Lipinski definition) is 9. The lowest BCUT2D eigenvalue weighted by Crippen LogP contribution is -2.47. The van der Waals surface area contributed by atoms with Crippen LogP contribution in [0.15, 0.2) is 70.7 Å². The van der Waals surface area contributed by atoms with Crippen LogP contribution in [0.2, 0.25) is 0 Å². The summed E-state index contributed by atoms with van der Waals surface area (Å²) in [6.45, 7) is 4.20. The Kier molecular flexibility index (Phi) is 9.56. The van der Waals surface area contributed by atoms with E-state index in [9.17, 15) is 21.9 Å². The van der Waals surface area contributed by atoms with Gasteiger partial charge in [-0.2, -0.15) is 9.40 Å². The molecule has 1 aromatic heterocycles. The minimum atomic E-state index is -3.66. The molecule has 12 nitrogen and oxygen atoms in total. The molecule has 1 spiro atoms. The first-order valence-electron chi connectivity index (χ1n) is 14.4. The molecule has 2 fully saturated rings. The fourth-order valence-electron chi connectivity index (χ4n) is 5.53. The maximum absolute atomic E-state index is 13.5. The summed E-state index contributed by atoms with van der Waals surface area (Å²) in [5.74, 6) is 0.347. The number of benzene rings is 2. The number of rotatable bonds is 12. The van der Waals surface area contributed by atoms with E-state index in [2.05, 4.69) is 15.1 Å². The molecule has 43 heavy (non-hydrogen) atoms. The molecule has 2 aliphatic heterocycles. The second kappa shape index (κ2) is 13.0. The van der Waals surface area contributed by atoms with Crippen LogP contribution in [0.5, 0.6) is 5.75 Å². The van der Waals surface area contributed by atoms with E-state index in [-0.39, 0.29) is 29.0 Å². The standard InChI is InChI=1S/C29H39N5O7S2/c1-3-33-19-23(17-32-33)22-6-4-9-28(14-22)43(38,39)34-12-10-29(11-13-34)16-24(20-41-29)31-18-25(35)21-40-26-7-5-8-27(15-26)42(36,37)30-2/h4-9,14-15,17,19,24-25,30-31,35H,3,10-13,16,18,20-21H2,1-2H3/t24-,25?/m0/s1. The lowest BCUT2D eigenvalue weighted by atomic mass is 9.88. The number of nitrogens with zero attached hydrogens (tertiary/aromatic N) is 3. The third-order valence-corrected chi connectivity index (χ3v) is 11.4.